The van der Waals surface area contributed by atoms with Gasteiger partial charge in [-0.1, -0.05) is 29.8 Å². The fourth-order valence-electron chi connectivity index (χ4n) is 3.20. The van der Waals surface area contributed by atoms with Crippen LogP contribution in [0, 0.1) is 11.6 Å². The van der Waals surface area contributed by atoms with E-state index in [2.05, 4.69) is 4.98 Å². The van der Waals surface area contributed by atoms with E-state index < -0.39 is 11.9 Å². The number of imidazole rings is 1. The Morgan fingerprint density at radius 2 is 1.85 bits per heavy atom. The predicted molar refractivity (Wildman–Crippen MR) is 92.4 cm³/mol. The summed E-state index contributed by atoms with van der Waals surface area (Å²) in [5.41, 5.74) is 2.18. The van der Waals surface area contributed by atoms with E-state index in [4.69, 9.17) is 11.6 Å². The minimum absolute atomic E-state index is 0.173. The highest BCUT2D eigenvalue weighted by molar-refractivity contribution is 6.31. The molecule has 0 aliphatic carbocycles. The molecule has 1 atom stereocenters. The topological polar surface area (TPSA) is 38.1 Å². The van der Waals surface area contributed by atoms with Gasteiger partial charge in [-0.25, -0.2) is 13.8 Å². The molecule has 0 radical (unpaired) electrons. The van der Waals surface area contributed by atoms with E-state index in [1.807, 2.05) is 0 Å². The average molecular weight is 374 g/mol. The van der Waals surface area contributed by atoms with Gasteiger partial charge in [-0.05, 0) is 29.8 Å². The van der Waals surface area contributed by atoms with E-state index in [1.165, 1.54) is 30.3 Å². The van der Waals surface area contributed by atoms with Gasteiger partial charge in [0, 0.05) is 23.3 Å². The van der Waals surface area contributed by atoms with Crippen molar-refractivity contribution in [2.75, 3.05) is 0 Å². The fraction of sp³-hybridized carbons (Fsp3) is 0.158. The average Bonchev–Trinajstić information content (AvgIpc) is 3.07. The first-order valence-electron chi connectivity index (χ1n) is 8.02. The standard InChI is InChI=1S/C19H14ClF2N3O/c20-17-7-14(22)5-6-16(17)18-19(26)24(10-15-8-23-11-25(15)18)9-12-1-3-13(21)4-2-12/h1-8,11,18H,9-10H2/t18-/m0/s1. The zero-order chi connectivity index (χ0) is 18.3. The number of amides is 1. The van der Waals surface area contributed by atoms with Gasteiger partial charge in [0.05, 0.1) is 18.6 Å². The SMILES string of the molecule is O=C1[C@H](c2ccc(F)cc2Cl)n2cncc2CN1Cc1ccc(F)cc1. The summed E-state index contributed by atoms with van der Waals surface area (Å²) in [4.78, 5) is 18.9. The van der Waals surface area contributed by atoms with E-state index in [0.29, 0.717) is 18.7 Å². The molecule has 0 fully saturated rings. The molecular weight excluding hydrogens is 360 g/mol. The van der Waals surface area contributed by atoms with Crippen molar-refractivity contribution in [1.82, 2.24) is 14.5 Å². The number of rotatable bonds is 3. The van der Waals surface area contributed by atoms with Gasteiger partial charge >= 0.3 is 0 Å². The van der Waals surface area contributed by atoms with Crippen LogP contribution in [-0.4, -0.2) is 20.4 Å². The lowest BCUT2D eigenvalue weighted by Crippen LogP contribution is -2.42. The molecule has 7 heteroatoms. The van der Waals surface area contributed by atoms with Crippen LogP contribution in [-0.2, 0) is 17.9 Å². The monoisotopic (exact) mass is 373 g/mol. The van der Waals surface area contributed by atoms with Crippen LogP contribution in [0.25, 0.3) is 0 Å². The summed E-state index contributed by atoms with van der Waals surface area (Å²) in [5, 5.41) is 0.187. The second-order valence-electron chi connectivity index (χ2n) is 6.18. The highest BCUT2D eigenvalue weighted by Gasteiger charge is 2.35. The predicted octanol–water partition coefficient (Wildman–Crippen LogP) is 3.95. The minimum Gasteiger partial charge on any atom is -0.330 e. The van der Waals surface area contributed by atoms with E-state index >= 15 is 0 Å². The Bertz CT molecular complexity index is 971. The Balaban J connectivity index is 1.72. The normalized spacial score (nSPS) is 16.7. The summed E-state index contributed by atoms with van der Waals surface area (Å²) in [6.45, 7) is 0.713. The molecule has 0 spiro atoms. The van der Waals surface area contributed by atoms with Gasteiger partial charge in [0.25, 0.3) is 5.91 Å². The maximum absolute atomic E-state index is 13.4. The second-order valence-corrected chi connectivity index (χ2v) is 6.59. The lowest BCUT2D eigenvalue weighted by molar-refractivity contribution is -0.136. The number of hydrogen-bond acceptors (Lipinski definition) is 2. The first-order chi connectivity index (χ1) is 12.5. The number of fused-ring (bicyclic) bond motifs is 1. The Hall–Kier alpha value is -2.73. The summed E-state index contributed by atoms with van der Waals surface area (Å²) in [7, 11) is 0. The maximum Gasteiger partial charge on any atom is 0.251 e. The summed E-state index contributed by atoms with van der Waals surface area (Å²) in [5.74, 6) is -0.961. The van der Waals surface area contributed by atoms with E-state index in [0.717, 1.165) is 11.3 Å². The summed E-state index contributed by atoms with van der Waals surface area (Å²) < 4.78 is 28.3. The molecule has 4 nitrogen and oxygen atoms in total. The molecule has 132 valence electrons. The molecule has 26 heavy (non-hydrogen) atoms. The quantitative estimate of drug-likeness (QED) is 0.697. The van der Waals surface area contributed by atoms with Crippen LogP contribution < -0.4 is 0 Å². The molecule has 0 saturated carbocycles. The molecule has 1 aliphatic rings. The molecule has 2 heterocycles. The van der Waals surface area contributed by atoms with Gasteiger partial charge < -0.3 is 9.47 Å². The molecule has 1 aromatic heterocycles. The molecule has 1 amide bonds. The summed E-state index contributed by atoms with van der Waals surface area (Å²) >= 11 is 6.20. The molecule has 0 saturated heterocycles. The Morgan fingerprint density at radius 3 is 2.58 bits per heavy atom. The van der Waals surface area contributed by atoms with E-state index in [-0.39, 0.29) is 16.7 Å². The first-order valence-corrected chi connectivity index (χ1v) is 8.39. The number of nitrogens with zero attached hydrogens (tertiary/aromatic N) is 3. The number of carbonyl (C=O) groups excluding carboxylic acids is 1. The van der Waals surface area contributed by atoms with Crippen LogP contribution in [0.1, 0.15) is 22.9 Å². The lowest BCUT2D eigenvalue weighted by atomic mass is 10.0. The lowest BCUT2D eigenvalue weighted by Gasteiger charge is -2.34. The molecule has 0 N–H and O–H groups in total. The third-order valence-electron chi connectivity index (χ3n) is 4.47. The van der Waals surface area contributed by atoms with Crippen molar-refractivity contribution in [3.63, 3.8) is 0 Å². The number of halogens is 3. The Kier molecular flexibility index (Phi) is 4.20. The molecule has 4 rings (SSSR count). The zero-order valence-electron chi connectivity index (χ0n) is 13.6. The largest absolute Gasteiger partial charge is 0.330 e. The maximum atomic E-state index is 13.4. The summed E-state index contributed by atoms with van der Waals surface area (Å²) in [6.07, 6.45) is 3.27. The van der Waals surface area contributed by atoms with Crippen LogP contribution in [0.4, 0.5) is 8.78 Å². The van der Waals surface area contributed by atoms with Crippen molar-refractivity contribution in [3.05, 3.63) is 88.5 Å². The zero-order valence-corrected chi connectivity index (χ0v) is 14.3. The number of carbonyl (C=O) groups is 1. The van der Waals surface area contributed by atoms with Crippen LogP contribution in [0.15, 0.2) is 55.0 Å². The fourth-order valence-corrected chi connectivity index (χ4v) is 3.47. The first kappa shape index (κ1) is 16.7. The molecule has 0 unspecified atom stereocenters. The van der Waals surface area contributed by atoms with Gasteiger partial charge in [-0.15, -0.1) is 0 Å². The molecule has 3 aromatic rings. The highest BCUT2D eigenvalue weighted by Crippen LogP contribution is 2.33. The van der Waals surface area contributed by atoms with Crippen LogP contribution in [0.5, 0.6) is 0 Å². The highest BCUT2D eigenvalue weighted by atomic mass is 35.5. The van der Waals surface area contributed by atoms with Crippen LogP contribution in [0.3, 0.4) is 0 Å². The Morgan fingerprint density at radius 1 is 1.12 bits per heavy atom. The third-order valence-corrected chi connectivity index (χ3v) is 4.79. The third kappa shape index (κ3) is 2.97. The van der Waals surface area contributed by atoms with Crippen LogP contribution >= 0.6 is 11.6 Å². The van der Waals surface area contributed by atoms with E-state index in [9.17, 15) is 13.6 Å². The molecule has 1 aliphatic heterocycles. The molecule has 0 bridgehead atoms. The molecular formula is C19H14ClF2N3O. The van der Waals surface area contributed by atoms with Crippen molar-refractivity contribution in [2.24, 2.45) is 0 Å². The van der Waals surface area contributed by atoms with Crippen molar-refractivity contribution in [3.8, 4) is 0 Å². The van der Waals surface area contributed by atoms with E-state index in [1.54, 1.807) is 34.1 Å². The van der Waals surface area contributed by atoms with Gasteiger partial charge in [0.2, 0.25) is 0 Å². The van der Waals surface area contributed by atoms with Crippen LogP contribution in [0.2, 0.25) is 5.02 Å². The Labute approximate surface area is 153 Å². The van der Waals surface area contributed by atoms with Gasteiger partial charge in [0.1, 0.15) is 17.7 Å². The number of aromatic nitrogens is 2. The molecule has 2 aromatic carbocycles. The summed E-state index contributed by atoms with van der Waals surface area (Å²) in [6, 6.07) is 9.30. The van der Waals surface area contributed by atoms with Crippen molar-refractivity contribution < 1.29 is 13.6 Å². The van der Waals surface area contributed by atoms with Gasteiger partial charge in [0.15, 0.2) is 0 Å². The van der Waals surface area contributed by atoms with Gasteiger partial charge in [-0.3, -0.25) is 4.79 Å². The smallest absolute Gasteiger partial charge is 0.251 e. The van der Waals surface area contributed by atoms with Crippen molar-refractivity contribution in [2.45, 2.75) is 19.1 Å². The van der Waals surface area contributed by atoms with Crippen molar-refractivity contribution >= 4 is 17.5 Å². The minimum atomic E-state index is -0.713. The van der Waals surface area contributed by atoms with Gasteiger partial charge in [-0.2, -0.15) is 0 Å². The van der Waals surface area contributed by atoms with Crippen molar-refractivity contribution in [1.29, 1.82) is 0 Å². The second kappa shape index (κ2) is 6.53. The number of benzene rings is 2. The number of hydrogen-bond donors (Lipinski definition) is 0.